The first-order chi connectivity index (χ1) is 13.2. The maximum atomic E-state index is 12.9. The summed E-state index contributed by atoms with van der Waals surface area (Å²) in [5, 5.41) is 4.27. The van der Waals surface area contributed by atoms with E-state index >= 15 is 0 Å². The summed E-state index contributed by atoms with van der Waals surface area (Å²) >= 11 is 0. The van der Waals surface area contributed by atoms with Gasteiger partial charge >= 0.3 is 0 Å². The molecule has 4 heterocycles. The first-order valence-electron chi connectivity index (χ1n) is 10.5. The molecule has 3 aliphatic rings. The van der Waals surface area contributed by atoms with Crippen molar-refractivity contribution in [3.63, 3.8) is 0 Å². The highest BCUT2D eigenvalue weighted by molar-refractivity contribution is 5.79. The van der Waals surface area contributed by atoms with Crippen LogP contribution in [-0.4, -0.2) is 88.9 Å². The van der Waals surface area contributed by atoms with E-state index in [2.05, 4.69) is 21.1 Å². The molecule has 1 atom stereocenters. The van der Waals surface area contributed by atoms with Crippen LogP contribution in [0.15, 0.2) is 12.4 Å². The lowest BCUT2D eigenvalue weighted by atomic mass is 9.92. The summed E-state index contributed by atoms with van der Waals surface area (Å²) in [6, 6.07) is 0.635. The van der Waals surface area contributed by atoms with E-state index in [0.717, 1.165) is 58.7 Å². The van der Waals surface area contributed by atoms with E-state index in [1.807, 2.05) is 22.8 Å². The highest BCUT2D eigenvalue weighted by Crippen LogP contribution is 2.26. The molecule has 0 radical (unpaired) electrons. The average molecular weight is 376 g/mol. The summed E-state index contributed by atoms with van der Waals surface area (Å²) in [5.41, 5.74) is 1.30. The Morgan fingerprint density at radius 3 is 2.63 bits per heavy atom. The highest BCUT2D eigenvalue weighted by atomic mass is 16.5. The topological polar surface area (TPSA) is 53.8 Å². The summed E-state index contributed by atoms with van der Waals surface area (Å²) in [7, 11) is 1.97. The molecule has 0 saturated carbocycles. The van der Waals surface area contributed by atoms with Crippen LogP contribution in [0.3, 0.4) is 0 Å². The number of aromatic nitrogens is 2. The van der Waals surface area contributed by atoms with Crippen LogP contribution in [0, 0.1) is 5.92 Å². The molecule has 27 heavy (non-hydrogen) atoms. The fourth-order valence-corrected chi connectivity index (χ4v) is 4.84. The monoisotopic (exact) mass is 375 g/mol. The molecule has 7 nitrogen and oxygen atoms in total. The molecule has 0 spiro atoms. The van der Waals surface area contributed by atoms with E-state index in [9.17, 15) is 4.79 Å². The normalized spacial score (nSPS) is 26.4. The number of piperidine rings is 2. The SMILES string of the molecule is Cn1cc(CN2CCC(N3CCCC(C(=O)N4CCOCC4)C3)CC2)cn1. The molecule has 3 aliphatic heterocycles. The first kappa shape index (κ1) is 18.9. The zero-order valence-electron chi connectivity index (χ0n) is 16.6. The Bertz CT molecular complexity index is 620. The third kappa shape index (κ3) is 4.70. The molecule has 150 valence electrons. The van der Waals surface area contributed by atoms with Crippen LogP contribution in [0.5, 0.6) is 0 Å². The van der Waals surface area contributed by atoms with Crippen molar-refractivity contribution in [2.24, 2.45) is 13.0 Å². The molecule has 1 amide bonds. The van der Waals surface area contributed by atoms with E-state index in [0.29, 0.717) is 25.2 Å². The molecule has 1 unspecified atom stereocenters. The van der Waals surface area contributed by atoms with Crippen LogP contribution < -0.4 is 0 Å². The van der Waals surface area contributed by atoms with E-state index in [-0.39, 0.29) is 5.92 Å². The van der Waals surface area contributed by atoms with Crippen LogP contribution in [-0.2, 0) is 23.1 Å². The van der Waals surface area contributed by atoms with Gasteiger partial charge in [-0.2, -0.15) is 5.10 Å². The maximum Gasteiger partial charge on any atom is 0.227 e. The van der Waals surface area contributed by atoms with Gasteiger partial charge < -0.3 is 9.64 Å². The summed E-state index contributed by atoms with van der Waals surface area (Å²) in [5.74, 6) is 0.544. The Kier molecular flexibility index (Phi) is 6.10. The molecule has 1 aromatic heterocycles. The molecule has 3 fully saturated rings. The Morgan fingerprint density at radius 1 is 1.15 bits per heavy atom. The first-order valence-corrected chi connectivity index (χ1v) is 10.5. The number of amides is 1. The van der Waals surface area contributed by atoms with Gasteiger partial charge in [0.05, 0.1) is 25.3 Å². The minimum atomic E-state index is 0.185. The van der Waals surface area contributed by atoms with Crippen LogP contribution in [0.4, 0.5) is 0 Å². The number of rotatable bonds is 4. The number of aryl methyl sites for hydroxylation is 1. The van der Waals surface area contributed by atoms with Gasteiger partial charge in [0.1, 0.15) is 0 Å². The van der Waals surface area contributed by atoms with Crippen molar-refractivity contribution in [1.29, 1.82) is 0 Å². The Labute approximate surface area is 162 Å². The van der Waals surface area contributed by atoms with E-state index in [4.69, 9.17) is 4.74 Å². The van der Waals surface area contributed by atoms with Crippen LogP contribution in [0.1, 0.15) is 31.2 Å². The number of hydrogen-bond donors (Lipinski definition) is 0. The van der Waals surface area contributed by atoms with Gasteiger partial charge in [-0.15, -0.1) is 0 Å². The fourth-order valence-electron chi connectivity index (χ4n) is 4.84. The number of morpholine rings is 1. The minimum absolute atomic E-state index is 0.185. The standard InChI is InChI=1S/C20H33N5O2/c1-22-14-17(13-21-22)15-23-7-4-19(5-8-23)25-6-2-3-18(16-25)20(26)24-9-11-27-12-10-24/h13-14,18-19H,2-12,15-16H2,1H3. The number of ether oxygens (including phenoxy) is 1. The van der Waals surface area contributed by atoms with Crippen molar-refractivity contribution in [2.75, 3.05) is 52.5 Å². The molecule has 0 aromatic carbocycles. The smallest absolute Gasteiger partial charge is 0.227 e. The quantitative estimate of drug-likeness (QED) is 0.785. The van der Waals surface area contributed by atoms with Gasteiger partial charge in [0.2, 0.25) is 5.91 Å². The number of carbonyl (C=O) groups excluding carboxylic acids is 1. The van der Waals surface area contributed by atoms with Crippen molar-refractivity contribution in [2.45, 2.75) is 38.3 Å². The van der Waals surface area contributed by atoms with Gasteiger partial charge in [-0.25, -0.2) is 0 Å². The highest BCUT2D eigenvalue weighted by Gasteiger charge is 2.33. The Hall–Kier alpha value is -1.44. The van der Waals surface area contributed by atoms with Crippen molar-refractivity contribution in [1.82, 2.24) is 24.5 Å². The molecule has 4 rings (SSSR count). The lowest BCUT2D eigenvalue weighted by Crippen LogP contribution is -2.52. The summed E-state index contributed by atoms with van der Waals surface area (Å²) in [4.78, 5) is 20.0. The minimum Gasteiger partial charge on any atom is -0.378 e. The van der Waals surface area contributed by atoms with E-state index in [1.54, 1.807) is 0 Å². The van der Waals surface area contributed by atoms with Gasteiger partial charge in [-0.3, -0.25) is 19.3 Å². The lowest BCUT2D eigenvalue weighted by molar-refractivity contribution is -0.142. The second-order valence-electron chi connectivity index (χ2n) is 8.30. The van der Waals surface area contributed by atoms with Gasteiger partial charge in [0, 0.05) is 51.0 Å². The number of hydrogen-bond acceptors (Lipinski definition) is 5. The third-order valence-corrected chi connectivity index (χ3v) is 6.36. The average Bonchev–Trinajstić information content (AvgIpc) is 3.13. The zero-order chi connectivity index (χ0) is 18.6. The van der Waals surface area contributed by atoms with Crippen LogP contribution in [0.25, 0.3) is 0 Å². The van der Waals surface area contributed by atoms with Crippen LogP contribution >= 0.6 is 0 Å². The number of likely N-dealkylation sites (tertiary alicyclic amines) is 2. The largest absolute Gasteiger partial charge is 0.378 e. The van der Waals surface area contributed by atoms with Crippen molar-refractivity contribution < 1.29 is 9.53 Å². The fraction of sp³-hybridized carbons (Fsp3) is 0.800. The molecule has 0 aliphatic carbocycles. The maximum absolute atomic E-state index is 12.9. The third-order valence-electron chi connectivity index (χ3n) is 6.36. The molecular weight excluding hydrogens is 342 g/mol. The van der Waals surface area contributed by atoms with Gasteiger partial charge in [-0.1, -0.05) is 0 Å². The summed E-state index contributed by atoms with van der Waals surface area (Å²) in [6.07, 6.45) is 8.69. The molecular formula is C20H33N5O2. The Morgan fingerprint density at radius 2 is 1.93 bits per heavy atom. The molecule has 0 bridgehead atoms. The molecule has 3 saturated heterocycles. The van der Waals surface area contributed by atoms with Gasteiger partial charge in [0.15, 0.2) is 0 Å². The second kappa shape index (κ2) is 8.71. The van der Waals surface area contributed by atoms with Crippen molar-refractivity contribution >= 4 is 5.91 Å². The molecule has 0 N–H and O–H groups in total. The predicted octanol–water partition coefficient (Wildman–Crippen LogP) is 0.955. The lowest BCUT2D eigenvalue weighted by Gasteiger charge is -2.43. The zero-order valence-corrected chi connectivity index (χ0v) is 16.6. The molecule has 1 aromatic rings. The van der Waals surface area contributed by atoms with E-state index < -0.39 is 0 Å². The van der Waals surface area contributed by atoms with Crippen LogP contribution in [0.2, 0.25) is 0 Å². The summed E-state index contributed by atoms with van der Waals surface area (Å²) < 4.78 is 7.27. The van der Waals surface area contributed by atoms with Gasteiger partial charge in [-0.05, 0) is 45.3 Å². The Balaban J connectivity index is 1.26. The van der Waals surface area contributed by atoms with Gasteiger partial charge in [0.25, 0.3) is 0 Å². The van der Waals surface area contributed by atoms with E-state index in [1.165, 1.54) is 18.4 Å². The summed E-state index contributed by atoms with van der Waals surface area (Å²) in [6.45, 7) is 8.29. The van der Waals surface area contributed by atoms with Crippen molar-refractivity contribution in [3.8, 4) is 0 Å². The number of carbonyl (C=O) groups is 1. The second-order valence-corrected chi connectivity index (χ2v) is 8.30. The molecule has 7 heteroatoms. The predicted molar refractivity (Wildman–Crippen MR) is 103 cm³/mol. The number of nitrogens with zero attached hydrogens (tertiary/aromatic N) is 5. The van der Waals surface area contributed by atoms with Crippen molar-refractivity contribution in [3.05, 3.63) is 18.0 Å².